The number of halogens is 3. The summed E-state index contributed by atoms with van der Waals surface area (Å²) < 4.78 is 50.3. The number of alkyl halides is 3. The standard InChI is InChI=1S/C3H5F3O3S/c1-2-8-10(7)9-3(4,5)6/h2H2,1H3. The van der Waals surface area contributed by atoms with Gasteiger partial charge in [-0.2, -0.15) is 8.39 Å². The van der Waals surface area contributed by atoms with Crippen LogP contribution in [-0.2, 0) is 19.7 Å². The number of rotatable bonds is 3. The van der Waals surface area contributed by atoms with Crippen LogP contribution in [0, 0.1) is 0 Å². The van der Waals surface area contributed by atoms with E-state index < -0.39 is 17.7 Å². The van der Waals surface area contributed by atoms with E-state index in [0.717, 1.165) is 0 Å². The van der Waals surface area contributed by atoms with E-state index in [2.05, 4.69) is 8.37 Å². The van der Waals surface area contributed by atoms with Crippen LogP contribution in [0.2, 0.25) is 0 Å². The average Bonchev–Trinajstić information content (AvgIpc) is 1.59. The van der Waals surface area contributed by atoms with E-state index in [0.29, 0.717) is 0 Å². The van der Waals surface area contributed by atoms with Crippen LogP contribution in [0.25, 0.3) is 0 Å². The average molecular weight is 178 g/mol. The molecule has 7 heteroatoms. The quantitative estimate of drug-likeness (QED) is 0.650. The highest BCUT2D eigenvalue weighted by molar-refractivity contribution is 7.75. The molecule has 0 fully saturated rings. The zero-order valence-corrected chi connectivity index (χ0v) is 5.79. The van der Waals surface area contributed by atoms with Gasteiger partial charge in [-0.1, -0.05) is 0 Å². The zero-order valence-electron chi connectivity index (χ0n) is 4.97. The smallest absolute Gasteiger partial charge is 0.269 e. The summed E-state index contributed by atoms with van der Waals surface area (Å²) in [7, 11) is 0. The van der Waals surface area contributed by atoms with Crippen molar-refractivity contribution < 1.29 is 25.7 Å². The van der Waals surface area contributed by atoms with Gasteiger partial charge in [-0.15, -0.1) is 13.2 Å². The molecule has 0 aromatic carbocycles. The van der Waals surface area contributed by atoms with Gasteiger partial charge in [-0.05, 0) is 6.92 Å². The summed E-state index contributed by atoms with van der Waals surface area (Å²) in [6.07, 6.45) is -4.90. The van der Waals surface area contributed by atoms with Crippen molar-refractivity contribution in [2.24, 2.45) is 0 Å². The summed E-state index contributed by atoms with van der Waals surface area (Å²) in [5.74, 6) is 0. The Hall–Kier alpha value is -0.140. The molecule has 1 unspecified atom stereocenters. The van der Waals surface area contributed by atoms with Crippen LogP contribution in [-0.4, -0.2) is 17.2 Å². The molecule has 3 nitrogen and oxygen atoms in total. The molecule has 0 aliphatic rings. The van der Waals surface area contributed by atoms with Crippen molar-refractivity contribution in [3.05, 3.63) is 0 Å². The molecule has 10 heavy (non-hydrogen) atoms. The summed E-state index contributed by atoms with van der Waals surface area (Å²) in [6.45, 7) is 1.31. The van der Waals surface area contributed by atoms with Gasteiger partial charge in [0.05, 0.1) is 6.61 Å². The fourth-order valence-electron chi connectivity index (χ4n) is 0.197. The van der Waals surface area contributed by atoms with Gasteiger partial charge in [0.25, 0.3) is 0 Å². The second-order valence-electron chi connectivity index (χ2n) is 1.14. The summed E-state index contributed by atoms with van der Waals surface area (Å²) in [5.41, 5.74) is 0. The minimum atomic E-state index is -4.90. The van der Waals surface area contributed by atoms with Crippen LogP contribution >= 0.6 is 0 Å². The molecule has 0 amide bonds. The van der Waals surface area contributed by atoms with Gasteiger partial charge in [0.15, 0.2) is 0 Å². The van der Waals surface area contributed by atoms with E-state index in [1.165, 1.54) is 6.92 Å². The minimum Gasteiger partial charge on any atom is -0.269 e. The lowest BCUT2D eigenvalue weighted by Gasteiger charge is -2.03. The second kappa shape index (κ2) is 3.89. The van der Waals surface area contributed by atoms with Gasteiger partial charge >= 0.3 is 17.7 Å². The third-order valence-corrected chi connectivity index (χ3v) is 1.13. The Bertz CT molecular complexity index is 123. The minimum absolute atomic E-state index is 0.0946. The highest BCUT2D eigenvalue weighted by atomic mass is 32.2. The summed E-state index contributed by atoms with van der Waals surface area (Å²) in [4.78, 5) is 0. The molecule has 0 aliphatic carbocycles. The first-order valence-electron chi connectivity index (χ1n) is 2.27. The van der Waals surface area contributed by atoms with E-state index >= 15 is 0 Å². The Morgan fingerprint density at radius 3 is 2.30 bits per heavy atom. The lowest BCUT2D eigenvalue weighted by Crippen LogP contribution is -2.16. The molecule has 0 aliphatic heterocycles. The normalized spacial score (nSPS) is 15.2. The first-order chi connectivity index (χ1) is 4.45. The monoisotopic (exact) mass is 178 g/mol. The topological polar surface area (TPSA) is 35.5 Å². The maximum absolute atomic E-state index is 11.1. The van der Waals surface area contributed by atoms with E-state index in [9.17, 15) is 17.4 Å². The van der Waals surface area contributed by atoms with E-state index in [4.69, 9.17) is 0 Å². The maximum Gasteiger partial charge on any atom is 0.537 e. The molecule has 0 heterocycles. The molecule has 0 bridgehead atoms. The summed E-state index contributed by atoms with van der Waals surface area (Å²) in [6, 6.07) is 0. The summed E-state index contributed by atoms with van der Waals surface area (Å²) in [5, 5.41) is 0. The van der Waals surface area contributed by atoms with Crippen LogP contribution in [0.5, 0.6) is 0 Å². The van der Waals surface area contributed by atoms with Crippen molar-refractivity contribution in [1.29, 1.82) is 0 Å². The molecule has 0 saturated heterocycles. The van der Waals surface area contributed by atoms with E-state index in [-0.39, 0.29) is 6.61 Å². The highest BCUT2D eigenvalue weighted by Crippen LogP contribution is 2.17. The van der Waals surface area contributed by atoms with Gasteiger partial charge < -0.3 is 0 Å². The van der Waals surface area contributed by atoms with Gasteiger partial charge in [0.2, 0.25) is 0 Å². The second-order valence-corrected chi connectivity index (χ2v) is 1.95. The molecule has 0 rings (SSSR count). The molecule has 0 aromatic rings. The molecule has 0 saturated carbocycles. The molecular formula is C3H5F3O3S. The molecule has 0 radical (unpaired) electrons. The van der Waals surface area contributed by atoms with Crippen molar-refractivity contribution in [1.82, 2.24) is 0 Å². The van der Waals surface area contributed by atoms with Crippen LogP contribution in [0.15, 0.2) is 0 Å². The number of hydrogen-bond donors (Lipinski definition) is 0. The predicted octanol–water partition coefficient (Wildman–Crippen LogP) is 1.14. The molecule has 62 valence electrons. The van der Waals surface area contributed by atoms with Crippen molar-refractivity contribution in [2.75, 3.05) is 6.61 Å². The molecule has 0 spiro atoms. The van der Waals surface area contributed by atoms with Crippen molar-refractivity contribution >= 4 is 11.4 Å². The maximum atomic E-state index is 11.1. The summed E-state index contributed by atoms with van der Waals surface area (Å²) >= 11 is -2.71. The van der Waals surface area contributed by atoms with E-state index in [1.54, 1.807) is 0 Å². The first-order valence-corrected chi connectivity index (χ1v) is 3.27. The fraction of sp³-hybridized carbons (Fsp3) is 1.00. The molecule has 1 atom stereocenters. The SMILES string of the molecule is CCOS(=O)OC(F)(F)F. The van der Waals surface area contributed by atoms with Crippen LogP contribution < -0.4 is 0 Å². The van der Waals surface area contributed by atoms with E-state index in [1.807, 2.05) is 0 Å². The Morgan fingerprint density at radius 1 is 1.50 bits per heavy atom. The van der Waals surface area contributed by atoms with Crippen molar-refractivity contribution in [3.8, 4) is 0 Å². The van der Waals surface area contributed by atoms with Gasteiger partial charge in [0.1, 0.15) is 0 Å². The Kier molecular flexibility index (Phi) is 3.84. The molecule has 0 aromatic heterocycles. The first kappa shape index (κ1) is 9.86. The molecule has 0 N–H and O–H groups in total. The largest absolute Gasteiger partial charge is 0.537 e. The zero-order chi connectivity index (χ0) is 8.20. The van der Waals surface area contributed by atoms with Crippen molar-refractivity contribution in [3.63, 3.8) is 0 Å². The lowest BCUT2D eigenvalue weighted by atomic mass is 10.9. The Balaban J connectivity index is 3.58. The van der Waals surface area contributed by atoms with Crippen LogP contribution in [0.3, 0.4) is 0 Å². The van der Waals surface area contributed by atoms with Gasteiger partial charge in [-0.25, -0.2) is 0 Å². The number of hydrogen-bond acceptors (Lipinski definition) is 3. The highest BCUT2D eigenvalue weighted by Gasteiger charge is 2.33. The Morgan fingerprint density at radius 2 is 2.00 bits per heavy atom. The third kappa shape index (κ3) is 5.99. The Labute approximate surface area is 58.0 Å². The van der Waals surface area contributed by atoms with Crippen molar-refractivity contribution in [2.45, 2.75) is 13.3 Å². The van der Waals surface area contributed by atoms with Crippen LogP contribution in [0.1, 0.15) is 6.92 Å². The molecular weight excluding hydrogens is 173 g/mol. The predicted molar refractivity (Wildman–Crippen MR) is 26.9 cm³/mol. The third-order valence-electron chi connectivity index (χ3n) is 0.377. The van der Waals surface area contributed by atoms with Gasteiger partial charge in [0, 0.05) is 0 Å². The fourth-order valence-corrected chi connectivity index (χ4v) is 0.592. The van der Waals surface area contributed by atoms with Gasteiger partial charge in [-0.3, -0.25) is 4.18 Å². The lowest BCUT2D eigenvalue weighted by molar-refractivity contribution is -0.272. The van der Waals surface area contributed by atoms with Crippen LogP contribution in [0.4, 0.5) is 13.2 Å².